The second kappa shape index (κ2) is 7.50. The van der Waals surface area contributed by atoms with E-state index in [0.29, 0.717) is 0 Å². The number of nitrogens with zero attached hydrogens (tertiary/aromatic N) is 3. The van der Waals surface area contributed by atoms with Gasteiger partial charge in [-0.1, -0.05) is 22.0 Å². The van der Waals surface area contributed by atoms with Crippen molar-refractivity contribution >= 4 is 15.9 Å². The molecular weight excluding hydrogens is 321 g/mol. The Balaban J connectivity index is 1.79. The van der Waals surface area contributed by atoms with E-state index in [0.717, 1.165) is 55.8 Å². The zero-order valence-corrected chi connectivity index (χ0v) is 13.9. The Labute approximate surface area is 129 Å². The first-order chi connectivity index (χ1) is 9.54. The second-order valence-corrected chi connectivity index (χ2v) is 6.51. The van der Waals surface area contributed by atoms with Crippen molar-refractivity contribution in [2.45, 2.75) is 6.54 Å². The number of piperazine rings is 1. The summed E-state index contributed by atoms with van der Waals surface area (Å²) in [5.41, 5.74) is 1.16. The van der Waals surface area contributed by atoms with Crippen LogP contribution in [0.3, 0.4) is 0 Å². The van der Waals surface area contributed by atoms with Crippen LogP contribution in [-0.4, -0.2) is 68.1 Å². The normalized spacial score (nSPS) is 17.9. The molecule has 20 heavy (non-hydrogen) atoms. The van der Waals surface area contributed by atoms with Gasteiger partial charge in [0, 0.05) is 50.3 Å². The Morgan fingerprint density at radius 3 is 2.40 bits per heavy atom. The lowest BCUT2D eigenvalue weighted by atomic mass is 10.2. The summed E-state index contributed by atoms with van der Waals surface area (Å²) < 4.78 is 13.9. The zero-order valence-electron chi connectivity index (χ0n) is 12.3. The van der Waals surface area contributed by atoms with Crippen molar-refractivity contribution in [2.75, 3.05) is 53.4 Å². The molecule has 1 aliphatic rings. The fourth-order valence-corrected chi connectivity index (χ4v) is 2.88. The van der Waals surface area contributed by atoms with Gasteiger partial charge in [0.15, 0.2) is 0 Å². The molecule has 0 atom stereocenters. The molecular formula is C15H23BrFN3. The number of rotatable bonds is 5. The Kier molecular flexibility index (Phi) is 5.96. The molecule has 0 aliphatic carbocycles. The highest BCUT2D eigenvalue weighted by atomic mass is 79.9. The fraction of sp³-hybridized carbons (Fsp3) is 0.600. The third-order valence-electron chi connectivity index (χ3n) is 3.74. The predicted octanol–water partition coefficient (Wildman–Crippen LogP) is 2.27. The SMILES string of the molecule is CN(C)CCN1CCN(Cc2ccc(F)cc2Br)CC1. The van der Waals surface area contributed by atoms with E-state index in [1.807, 2.05) is 6.07 Å². The van der Waals surface area contributed by atoms with Gasteiger partial charge in [0.1, 0.15) is 5.82 Å². The maximum Gasteiger partial charge on any atom is 0.124 e. The van der Waals surface area contributed by atoms with E-state index in [-0.39, 0.29) is 5.82 Å². The molecule has 1 aromatic carbocycles. The molecule has 0 unspecified atom stereocenters. The third-order valence-corrected chi connectivity index (χ3v) is 4.48. The Morgan fingerprint density at radius 1 is 1.15 bits per heavy atom. The van der Waals surface area contributed by atoms with Gasteiger partial charge >= 0.3 is 0 Å². The van der Waals surface area contributed by atoms with E-state index < -0.39 is 0 Å². The average molecular weight is 344 g/mol. The number of halogens is 2. The molecule has 1 saturated heterocycles. The van der Waals surface area contributed by atoms with Crippen LogP contribution in [0, 0.1) is 5.82 Å². The fourth-order valence-electron chi connectivity index (χ4n) is 2.40. The zero-order chi connectivity index (χ0) is 14.5. The van der Waals surface area contributed by atoms with E-state index in [1.54, 1.807) is 6.07 Å². The highest BCUT2D eigenvalue weighted by Crippen LogP contribution is 2.20. The first-order valence-electron chi connectivity index (χ1n) is 7.08. The minimum atomic E-state index is -0.186. The third kappa shape index (κ3) is 4.81. The molecule has 0 aromatic heterocycles. The lowest BCUT2D eigenvalue weighted by Crippen LogP contribution is -2.47. The number of hydrogen-bond acceptors (Lipinski definition) is 3. The van der Waals surface area contributed by atoms with Gasteiger partial charge in [-0.25, -0.2) is 4.39 Å². The first-order valence-corrected chi connectivity index (χ1v) is 7.87. The van der Waals surface area contributed by atoms with Gasteiger partial charge in [0.25, 0.3) is 0 Å². The van der Waals surface area contributed by atoms with Crippen molar-refractivity contribution in [3.63, 3.8) is 0 Å². The van der Waals surface area contributed by atoms with Crippen LogP contribution in [0.15, 0.2) is 22.7 Å². The minimum Gasteiger partial charge on any atom is -0.308 e. The maximum atomic E-state index is 13.1. The van der Waals surface area contributed by atoms with Crippen LogP contribution < -0.4 is 0 Å². The molecule has 1 heterocycles. The van der Waals surface area contributed by atoms with E-state index in [4.69, 9.17) is 0 Å². The van der Waals surface area contributed by atoms with Crippen molar-refractivity contribution in [2.24, 2.45) is 0 Å². The van der Waals surface area contributed by atoms with Gasteiger partial charge in [0.05, 0.1) is 0 Å². The van der Waals surface area contributed by atoms with Crippen molar-refractivity contribution in [3.8, 4) is 0 Å². The summed E-state index contributed by atoms with van der Waals surface area (Å²) in [6.07, 6.45) is 0. The van der Waals surface area contributed by atoms with E-state index in [2.05, 4.69) is 44.7 Å². The first kappa shape index (κ1) is 15.9. The van der Waals surface area contributed by atoms with E-state index in [1.165, 1.54) is 6.07 Å². The second-order valence-electron chi connectivity index (χ2n) is 5.66. The van der Waals surface area contributed by atoms with Crippen molar-refractivity contribution < 1.29 is 4.39 Å². The van der Waals surface area contributed by atoms with E-state index in [9.17, 15) is 4.39 Å². The van der Waals surface area contributed by atoms with Gasteiger partial charge in [0.2, 0.25) is 0 Å². The molecule has 1 fully saturated rings. The van der Waals surface area contributed by atoms with Crippen molar-refractivity contribution in [1.82, 2.24) is 14.7 Å². The highest BCUT2D eigenvalue weighted by molar-refractivity contribution is 9.10. The molecule has 0 bridgehead atoms. The monoisotopic (exact) mass is 343 g/mol. The highest BCUT2D eigenvalue weighted by Gasteiger charge is 2.17. The minimum absolute atomic E-state index is 0.186. The predicted molar refractivity (Wildman–Crippen MR) is 84.4 cm³/mol. The molecule has 3 nitrogen and oxygen atoms in total. The Bertz CT molecular complexity index is 431. The molecule has 1 aliphatic heterocycles. The molecule has 0 N–H and O–H groups in total. The van der Waals surface area contributed by atoms with Gasteiger partial charge in [-0.05, 0) is 31.8 Å². The smallest absolute Gasteiger partial charge is 0.124 e. The molecule has 2 rings (SSSR count). The molecule has 0 amide bonds. The van der Waals surface area contributed by atoms with Crippen LogP contribution >= 0.6 is 15.9 Å². The van der Waals surface area contributed by atoms with Gasteiger partial charge < -0.3 is 4.90 Å². The van der Waals surface area contributed by atoms with Crippen LogP contribution in [0.1, 0.15) is 5.56 Å². The molecule has 0 spiro atoms. The standard InChI is InChI=1S/C15H23BrFN3/c1-18(2)5-6-19-7-9-20(10-8-19)12-13-3-4-14(17)11-15(13)16/h3-4,11H,5-10,12H2,1-2H3. The van der Waals surface area contributed by atoms with Crippen molar-refractivity contribution in [1.29, 1.82) is 0 Å². The Morgan fingerprint density at radius 2 is 1.80 bits per heavy atom. The van der Waals surface area contributed by atoms with Crippen LogP contribution in [-0.2, 0) is 6.54 Å². The van der Waals surface area contributed by atoms with Gasteiger partial charge in [-0.3, -0.25) is 9.80 Å². The molecule has 1 aromatic rings. The van der Waals surface area contributed by atoms with Gasteiger partial charge in [-0.2, -0.15) is 0 Å². The molecule has 112 valence electrons. The molecule has 5 heteroatoms. The summed E-state index contributed by atoms with van der Waals surface area (Å²) in [5.74, 6) is -0.186. The van der Waals surface area contributed by atoms with Crippen LogP contribution in [0.25, 0.3) is 0 Å². The number of hydrogen-bond donors (Lipinski definition) is 0. The number of benzene rings is 1. The summed E-state index contributed by atoms with van der Waals surface area (Å²) in [7, 11) is 4.23. The lowest BCUT2D eigenvalue weighted by molar-refractivity contribution is 0.120. The topological polar surface area (TPSA) is 9.72 Å². The molecule has 0 saturated carbocycles. The maximum absolute atomic E-state index is 13.1. The average Bonchev–Trinajstić information content (AvgIpc) is 2.41. The van der Waals surface area contributed by atoms with Crippen LogP contribution in [0.2, 0.25) is 0 Å². The van der Waals surface area contributed by atoms with Crippen LogP contribution in [0.4, 0.5) is 4.39 Å². The quantitative estimate of drug-likeness (QED) is 0.811. The molecule has 0 radical (unpaired) electrons. The van der Waals surface area contributed by atoms with Crippen LogP contribution in [0.5, 0.6) is 0 Å². The van der Waals surface area contributed by atoms with E-state index >= 15 is 0 Å². The summed E-state index contributed by atoms with van der Waals surface area (Å²) in [4.78, 5) is 7.17. The summed E-state index contributed by atoms with van der Waals surface area (Å²) in [6, 6.07) is 4.95. The Hall–Kier alpha value is -0.490. The summed E-state index contributed by atoms with van der Waals surface area (Å²) in [5, 5.41) is 0. The van der Waals surface area contributed by atoms with Gasteiger partial charge in [-0.15, -0.1) is 0 Å². The summed E-state index contributed by atoms with van der Waals surface area (Å²) in [6.45, 7) is 7.54. The van der Waals surface area contributed by atoms with Crippen molar-refractivity contribution in [3.05, 3.63) is 34.1 Å². The summed E-state index contributed by atoms with van der Waals surface area (Å²) >= 11 is 3.44. The number of likely N-dealkylation sites (N-methyl/N-ethyl adjacent to an activating group) is 1. The lowest BCUT2D eigenvalue weighted by Gasteiger charge is -2.35. The largest absolute Gasteiger partial charge is 0.308 e.